The number of carbonyl (C=O) groups excluding carboxylic acids is 1. The molecule has 0 atom stereocenters. The van der Waals surface area contributed by atoms with E-state index < -0.39 is 0 Å². The summed E-state index contributed by atoms with van der Waals surface area (Å²) >= 11 is 3.38. The van der Waals surface area contributed by atoms with Crippen LogP contribution in [-0.2, 0) is 11.3 Å². The Labute approximate surface area is 90.4 Å². The molecule has 1 N–H and O–H groups in total. The van der Waals surface area contributed by atoms with Gasteiger partial charge in [-0.1, -0.05) is 22.0 Å². The molecule has 0 fully saturated rings. The molecule has 0 radical (unpaired) electrons. The minimum absolute atomic E-state index is 0.123. The molecule has 0 saturated carbocycles. The van der Waals surface area contributed by atoms with E-state index in [2.05, 4.69) is 26.2 Å². The standard InChI is InChI=1S/C10H9BrN2O/c1-12-10(14)9-8-4-7(11)3-2-6(8)5-13-9/h2-4H,5H2,1H3,(H,12,14). The van der Waals surface area contributed by atoms with Gasteiger partial charge in [-0.25, -0.2) is 0 Å². The number of amides is 1. The smallest absolute Gasteiger partial charge is 0.269 e. The Hall–Kier alpha value is -1.16. The molecule has 4 heteroatoms. The number of rotatable bonds is 1. The quantitative estimate of drug-likeness (QED) is 0.809. The molecule has 14 heavy (non-hydrogen) atoms. The van der Waals surface area contributed by atoms with Gasteiger partial charge in [0, 0.05) is 17.1 Å². The van der Waals surface area contributed by atoms with Gasteiger partial charge < -0.3 is 5.32 Å². The number of nitrogens with one attached hydrogen (secondary N) is 1. The van der Waals surface area contributed by atoms with Crippen LogP contribution in [-0.4, -0.2) is 18.7 Å². The second-order valence-corrected chi connectivity index (χ2v) is 3.96. The Balaban J connectivity index is 2.45. The number of likely N-dealkylation sites (N-methyl/N-ethyl adjacent to an activating group) is 1. The van der Waals surface area contributed by atoms with Gasteiger partial charge in [0.05, 0.1) is 6.54 Å². The van der Waals surface area contributed by atoms with Gasteiger partial charge in [0.2, 0.25) is 0 Å². The highest BCUT2D eigenvalue weighted by Gasteiger charge is 2.20. The Kier molecular flexibility index (Phi) is 2.37. The van der Waals surface area contributed by atoms with Crippen LogP contribution < -0.4 is 5.32 Å². The molecule has 1 aromatic carbocycles. The van der Waals surface area contributed by atoms with Crippen LogP contribution in [0.15, 0.2) is 27.7 Å². The Bertz CT molecular complexity index is 426. The molecule has 1 aromatic rings. The maximum atomic E-state index is 11.4. The van der Waals surface area contributed by atoms with Crippen molar-refractivity contribution in [3.63, 3.8) is 0 Å². The second kappa shape index (κ2) is 3.53. The highest BCUT2D eigenvalue weighted by Crippen LogP contribution is 2.22. The van der Waals surface area contributed by atoms with E-state index >= 15 is 0 Å². The lowest BCUT2D eigenvalue weighted by molar-refractivity contribution is -0.114. The molecule has 0 spiro atoms. The number of hydrogen-bond acceptors (Lipinski definition) is 2. The molecule has 1 aliphatic rings. The SMILES string of the molecule is CNC(=O)C1=NCc2ccc(Br)cc21. The van der Waals surface area contributed by atoms with Crippen molar-refractivity contribution in [3.05, 3.63) is 33.8 Å². The van der Waals surface area contributed by atoms with Crippen LogP contribution in [0.4, 0.5) is 0 Å². The van der Waals surface area contributed by atoms with Crippen LogP contribution in [0.5, 0.6) is 0 Å². The van der Waals surface area contributed by atoms with Crippen molar-refractivity contribution in [2.75, 3.05) is 7.05 Å². The lowest BCUT2D eigenvalue weighted by Gasteiger charge is -2.02. The molecular formula is C10H9BrN2O. The predicted molar refractivity (Wildman–Crippen MR) is 58.4 cm³/mol. The first-order chi connectivity index (χ1) is 6.72. The van der Waals surface area contributed by atoms with E-state index in [-0.39, 0.29) is 5.91 Å². The molecule has 0 saturated heterocycles. The summed E-state index contributed by atoms with van der Waals surface area (Å²) < 4.78 is 0.967. The topological polar surface area (TPSA) is 41.5 Å². The van der Waals surface area contributed by atoms with Gasteiger partial charge in [-0.3, -0.25) is 9.79 Å². The molecule has 1 amide bonds. The monoisotopic (exact) mass is 252 g/mol. The maximum absolute atomic E-state index is 11.4. The van der Waals surface area contributed by atoms with Gasteiger partial charge in [-0.2, -0.15) is 0 Å². The van der Waals surface area contributed by atoms with Crippen molar-refractivity contribution >= 4 is 27.5 Å². The largest absolute Gasteiger partial charge is 0.354 e. The Morgan fingerprint density at radius 1 is 1.57 bits per heavy atom. The zero-order chi connectivity index (χ0) is 10.1. The first-order valence-electron chi connectivity index (χ1n) is 4.27. The van der Waals surface area contributed by atoms with Gasteiger partial charge in [-0.05, 0) is 17.7 Å². The number of aliphatic imine (C=N–C) groups is 1. The zero-order valence-electron chi connectivity index (χ0n) is 7.67. The van der Waals surface area contributed by atoms with E-state index in [0.717, 1.165) is 15.6 Å². The van der Waals surface area contributed by atoms with Crippen LogP contribution in [0.2, 0.25) is 0 Å². The number of fused-ring (bicyclic) bond motifs is 1. The van der Waals surface area contributed by atoms with Crippen LogP contribution in [0.25, 0.3) is 0 Å². The molecule has 72 valence electrons. The van der Waals surface area contributed by atoms with Crippen molar-refractivity contribution in [3.8, 4) is 0 Å². The molecule has 1 heterocycles. The van der Waals surface area contributed by atoms with Crippen molar-refractivity contribution < 1.29 is 4.79 Å². The summed E-state index contributed by atoms with van der Waals surface area (Å²) in [7, 11) is 1.61. The highest BCUT2D eigenvalue weighted by molar-refractivity contribution is 9.10. The summed E-state index contributed by atoms with van der Waals surface area (Å²) in [4.78, 5) is 15.6. The van der Waals surface area contributed by atoms with E-state index in [0.29, 0.717) is 12.3 Å². The lowest BCUT2D eigenvalue weighted by Crippen LogP contribution is -2.27. The summed E-state index contributed by atoms with van der Waals surface area (Å²) in [6.07, 6.45) is 0. The average molecular weight is 253 g/mol. The summed E-state index contributed by atoms with van der Waals surface area (Å²) in [5, 5.41) is 2.58. The van der Waals surface area contributed by atoms with Gasteiger partial charge in [0.1, 0.15) is 5.71 Å². The number of benzene rings is 1. The van der Waals surface area contributed by atoms with E-state index in [1.54, 1.807) is 7.05 Å². The zero-order valence-corrected chi connectivity index (χ0v) is 9.26. The van der Waals surface area contributed by atoms with Gasteiger partial charge in [-0.15, -0.1) is 0 Å². The summed E-state index contributed by atoms with van der Waals surface area (Å²) in [5.41, 5.74) is 2.56. The number of carbonyl (C=O) groups is 1. The summed E-state index contributed by atoms with van der Waals surface area (Å²) in [5.74, 6) is -0.123. The predicted octanol–water partition coefficient (Wildman–Crippen LogP) is 1.50. The number of hydrogen-bond donors (Lipinski definition) is 1. The van der Waals surface area contributed by atoms with Crippen molar-refractivity contribution in [1.82, 2.24) is 5.32 Å². The van der Waals surface area contributed by atoms with Gasteiger partial charge in [0.15, 0.2) is 0 Å². The third-order valence-electron chi connectivity index (χ3n) is 2.18. The van der Waals surface area contributed by atoms with E-state index in [1.165, 1.54) is 0 Å². The normalized spacial score (nSPS) is 13.4. The summed E-state index contributed by atoms with van der Waals surface area (Å²) in [6, 6.07) is 5.87. The van der Waals surface area contributed by atoms with Gasteiger partial charge in [0.25, 0.3) is 5.91 Å². The average Bonchev–Trinajstić information content (AvgIpc) is 2.59. The van der Waals surface area contributed by atoms with Crippen molar-refractivity contribution in [2.45, 2.75) is 6.54 Å². The van der Waals surface area contributed by atoms with E-state index in [4.69, 9.17) is 0 Å². The molecular weight excluding hydrogens is 244 g/mol. The third kappa shape index (κ3) is 1.46. The highest BCUT2D eigenvalue weighted by atomic mass is 79.9. The third-order valence-corrected chi connectivity index (χ3v) is 2.67. The van der Waals surface area contributed by atoms with E-state index in [9.17, 15) is 4.79 Å². The Morgan fingerprint density at radius 2 is 2.36 bits per heavy atom. The molecule has 1 aliphatic heterocycles. The molecule has 3 nitrogen and oxygen atoms in total. The lowest BCUT2D eigenvalue weighted by atomic mass is 10.1. The second-order valence-electron chi connectivity index (χ2n) is 3.05. The number of nitrogens with zero attached hydrogens (tertiary/aromatic N) is 1. The maximum Gasteiger partial charge on any atom is 0.269 e. The first kappa shape index (κ1) is 9.40. The van der Waals surface area contributed by atoms with Crippen LogP contribution in [0.1, 0.15) is 11.1 Å². The minimum Gasteiger partial charge on any atom is -0.354 e. The van der Waals surface area contributed by atoms with Crippen LogP contribution in [0, 0.1) is 0 Å². The Morgan fingerprint density at radius 3 is 3.07 bits per heavy atom. The molecule has 0 bridgehead atoms. The molecule has 0 aromatic heterocycles. The van der Waals surface area contributed by atoms with Crippen molar-refractivity contribution in [1.29, 1.82) is 0 Å². The van der Waals surface area contributed by atoms with E-state index in [1.807, 2.05) is 18.2 Å². The fraction of sp³-hybridized carbons (Fsp3) is 0.200. The van der Waals surface area contributed by atoms with Crippen LogP contribution >= 0.6 is 15.9 Å². The number of halogens is 1. The van der Waals surface area contributed by atoms with Crippen molar-refractivity contribution in [2.24, 2.45) is 4.99 Å². The molecule has 0 unspecified atom stereocenters. The molecule has 0 aliphatic carbocycles. The fourth-order valence-corrected chi connectivity index (χ4v) is 1.83. The fourth-order valence-electron chi connectivity index (χ4n) is 1.47. The minimum atomic E-state index is -0.123. The van der Waals surface area contributed by atoms with Gasteiger partial charge >= 0.3 is 0 Å². The first-order valence-corrected chi connectivity index (χ1v) is 5.07. The summed E-state index contributed by atoms with van der Waals surface area (Å²) in [6.45, 7) is 0.603. The molecule has 2 rings (SSSR count). The van der Waals surface area contributed by atoms with Crippen LogP contribution in [0.3, 0.4) is 0 Å².